The summed E-state index contributed by atoms with van der Waals surface area (Å²) in [5.41, 5.74) is 2.94. The maximum Gasteiger partial charge on any atom is 0.168 e. The fourth-order valence-corrected chi connectivity index (χ4v) is 2.54. The van der Waals surface area contributed by atoms with Crippen LogP contribution < -0.4 is 18.9 Å². The van der Waals surface area contributed by atoms with Crippen molar-refractivity contribution >= 4 is 5.57 Å². The first kappa shape index (κ1) is 16.7. The van der Waals surface area contributed by atoms with E-state index in [2.05, 4.69) is 0 Å². The van der Waals surface area contributed by atoms with Crippen molar-refractivity contribution in [3.8, 4) is 23.0 Å². The van der Waals surface area contributed by atoms with Crippen molar-refractivity contribution in [2.75, 3.05) is 28.4 Å². The minimum atomic E-state index is 0.694. The fourth-order valence-electron chi connectivity index (χ4n) is 2.54. The first-order chi connectivity index (χ1) is 11.2. The molecule has 0 aromatic heterocycles. The molecule has 4 nitrogen and oxygen atoms in total. The van der Waals surface area contributed by atoms with Crippen LogP contribution in [0.5, 0.6) is 23.0 Å². The maximum absolute atomic E-state index is 5.56. The first-order valence-corrected chi connectivity index (χ1v) is 7.29. The summed E-state index contributed by atoms with van der Waals surface area (Å²) >= 11 is 0. The van der Waals surface area contributed by atoms with Gasteiger partial charge in [0.2, 0.25) is 0 Å². The van der Waals surface area contributed by atoms with Crippen molar-refractivity contribution in [1.29, 1.82) is 0 Å². The van der Waals surface area contributed by atoms with Gasteiger partial charge in [-0.05, 0) is 36.3 Å². The van der Waals surface area contributed by atoms with Crippen LogP contribution in [0.3, 0.4) is 0 Å². The van der Waals surface area contributed by atoms with Gasteiger partial charge in [-0.3, -0.25) is 0 Å². The zero-order valence-corrected chi connectivity index (χ0v) is 14.2. The zero-order valence-electron chi connectivity index (χ0n) is 14.2. The number of rotatable bonds is 6. The molecule has 122 valence electrons. The molecule has 0 heterocycles. The molecule has 0 radical (unpaired) electrons. The van der Waals surface area contributed by atoms with Crippen molar-refractivity contribution in [3.63, 3.8) is 0 Å². The third kappa shape index (κ3) is 3.42. The summed E-state index contributed by atoms with van der Waals surface area (Å²) in [6.07, 6.45) is 2.03. The summed E-state index contributed by atoms with van der Waals surface area (Å²) in [5, 5.41) is 0. The molecule has 0 aliphatic carbocycles. The molecule has 0 saturated heterocycles. The van der Waals surface area contributed by atoms with E-state index in [1.807, 2.05) is 49.4 Å². The van der Waals surface area contributed by atoms with E-state index in [0.717, 1.165) is 28.2 Å². The van der Waals surface area contributed by atoms with E-state index in [9.17, 15) is 0 Å². The van der Waals surface area contributed by atoms with E-state index in [-0.39, 0.29) is 0 Å². The molecular formula is C19H22O4. The Labute approximate surface area is 137 Å². The Kier molecular flexibility index (Phi) is 5.52. The third-order valence-corrected chi connectivity index (χ3v) is 3.64. The summed E-state index contributed by atoms with van der Waals surface area (Å²) in [4.78, 5) is 0. The second-order valence-electron chi connectivity index (χ2n) is 4.84. The number of hydrogen-bond acceptors (Lipinski definition) is 4. The van der Waals surface area contributed by atoms with Crippen LogP contribution in [0.25, 0.3) is 5.57 Å². The zero-order chi connectivity index (χ0) is 16.8. The van der Waals surface area contributed by atoms with Gasteiger partial charge in [-0.25, -0.2) is 0 Å². The van der Waals surface area contributed by atoms with E-state index in [1.54, 1.807) is 28.4 Å². The Morgan fingerprint density at radius 2 is 1.48 bits per heavy atom. The molecule has 0 bridgehead atoms. The van der Waals surface area contributed by atoms with Crippen LogP contribution in [-0.2, 0) is 0 Å². The van der Waals surface area contributed by atoms with Crippen LogP contribution >= 0.6 is 0 Å². The number of allylic oxidation sites excluding steroid dienone is 1. The molecule has 0 unspecified atom stereocenters. The van der Waals surface area contributed by atoms with Crippen LogP contribution in [0.2, 0.25) is 0 Å². The van der Waals surface area contributed by atoms with Gasteiger partial charge in [0.1, 0.15) is 11.5 Å². The van der Waals surface area contributed by atoms with Gasteiger partial charge < -0.3 is 18.9 Å². The topological polar surface area (TPSA) is 36.9 Å². The first-order valence-electron chi connectivity index (χ1n) is 7.29. The highest BCUT2D eigenvalue weighted by molar-refractivity contribution is 5.84. The van der Waals surface area contributed by atoms with Gasteiger partial charge >= 0.3 is 0 Å². The van der Waals surface area contributed by atoms with Crippen molar-refractivity contribution in [2.45, 2.75) is 6.92 Å². The minimum absolute atomic E-state index is 0.694. The predicted molar refractivity (Wildman–Crippen MR) is 91.8 cm³/mol. The molecule has 2 rings (SSSR count). The van der Waals surface area contributed by atoms with E-state index < -0.39 is 0 Å². The molecule has 2 aromatic rings. The lowest BCUT2D eigenvalue weighted by Crippen LogP contribution is -1.98. The average molecular weight is 314 g/mol. The molecule has 0 aliphatic heterocycles. The number of hydrogen-bond donors (Lipinski definition) is 0. The Morgan fingerprint density at radius 1 is 0.826 bits per heavy atom. The monoisotopic (exact) mass is 314 g/mol. The highest BCUT2D eigenvalue weighted by Gasteiger charge is 2.15. The number of ether oxygens (including phenoxy) is 4. The highest BCUT2D eigenvalue weighted by Crippen LogP contribution is 2.39. The van der Waals surface area contributed by atoms with Crippen molar-refractivity contribution in [1.82, 2.24) is 0 Å². The molecular weight excluding hydrogens is 292 g/mol. The molecule has 23 heavy (non-hydrogen) atoms. The summed E-state index contributed by atoms with van der Waals surface area (Å²) in [6.45, 7) is 1.99. The highest BCUT2D eigenvalue weighted by atomic mass is 16.5. The van der Waals surface area contributed by atoms with Gasteiger partial charge in [0.15, 0.2) is 11.5 Å². The average Bonchev–Trinajstić information content (AvgIpc) is 2.61. The van der Waals surface area contributed by atoms with E-state index in [0.29, 0.717) is 11.5 Å². The standard InChI is InChI=1S/C19H22O4/c1-6-16(13-10-14(20-2)12-15(11-13)21-3)17-8-7-9-18(22-4)19(17)23-5/h6-12H,1-5H3/b16-6-. The second kappa shape index (κ2) is 7.58. The van der Waals surface area contributed by atoms with Crippen LogP contribution in [0, 0.1) is 0 Å². The van der Waals surface area contributed by atoms with E-state index >= 15 is 0 Å². The molecule has 0 atom stereocenters. The quantitative estimate of drug-likeness (QED) is 0.802. The number of benzene rings is 2. The summed E-state index contributed by atoms with van der Waals surface area (Å²) in [7, 11) is 6.55. The van der Waals surface area contributed by atoms with Gasteiger partial charge in [-0.1, -0.05) is 18.2 Å². The van der Waals surface area contributed by atoms with Crippen molar-refractivity contribution in [2.24, 2.45) is 0 Å². The van der Waals surface area contributed by atoms with Gasteiger partial charge in [-0.15, -0.1) is 0 Å². The molecule has 0 N–H and O–H groups in total. The summed E-state index contributed by atoms with van der Waals surface area (Å²) < 4.78 is 21.7. The Balaban J connectivity index is 2.62. The Bertz CT molecular complexity index is 682. The van der Waals surface area contributed by atoms with E-state index in [4.69, 9.17) is 18.9 Å². The fraction of sp³-hybridized carbons (Fsp3) is 0.263. The molecule has 2 aromatic carbocycles. The van der Waals surface area contributed by atoms with Crippen LogP contribution in [0.15, 0.2) is 42.5 Å². The summed E-state index contributed by atoms with van der Waals surface area (Å²) in [5.74, 6) is 2.87. The molecule has 0 aliphatic rings. The maximum atomic E-state index is 5.56. The van der Waals surface area contributed by atoms with Crippen LogP contribution in [-0.4, -0.2) is 28.4 Å². The van der Waals surface area contributed by atoms with Gasteiger partial charge in [0, 0.05) is 11.6 Å². The molecule has 0 spiro atoms. The molecule has 0 amide bonds. The lowest BCUT2D eigenvalue weighted by atomic mass is 9.96. The van der Waals surface area contributed by atoms with E-state index in [1.165, 1.54) is 0 Å². The Morgan fingerprint density at radius 3 is 1.96 bits per heavy atom. The lowest BCUT2D eigenvalue weighted by molar-refractivity contribution is 0.354. The van der Waals surface area contributed by atoms with Crippen LogP contribution in [0.4, 0.5) is 0 Å². The minimum Gasteiger partial charge on any atom is -0.497 e. The number of para-hydroxylation sites is 1. The predicted octanol–water partition coefficient (Wildman–Crippen LogP) is 4.17. The number of methoxy groups -OCH3 is 4. The second-order valence-corrected chi connectivity index (χ2v) is 4.84. The molecule has 0 saturated carbocycles. The lowest BCUT2D eigenvalue weighted by Gasteiger charge is -2.16. The normalized spacial score (nSPS) is 11.1. The SMILES string of the molecule is C/C=C(/c1cc(OC)cc(OC)c1)c1cccc(OC)c1OC. The molecule has 0 fully saturated rings. The van der Waals surface area contributed by atoms with Gasteiger partial charge in [0.25, 0.3) is 0 Å². The third-order valence-electron chi connectivity index (χ3n) is 3.64. The van der Waals surface area contributed by atoms with Crippen LogP contribution in [0.1, 0.15) is 18.1 Å². The smallest absolute Gasteiger partial charge is 0.168 e. The van der Waals surface area contributed by atoms with Crippen molar-refractivity contribution in [3.05, 3.63) is 53.6 Å². The Hall–Kier alpha value is -2.62. The van der Waals surface area contributed by atoms with Gasteiger partial charge in [-0.2, -0.15) is 0 Å². The summed E-state index contributed by atoms with van der Waals surface area (Å²) in [6, 6.07) is 11.6. The largest absolute Gasteiger partial charge is 0.497 e. The van der Waals surface area contributed by atoms with Gasteiger partial charge in [0.05, 0.1) is 28.4 Å². The molecule has 4 heteroatoms. The van der Waals surface area contributed by atoms with Crippen molar-refractivity contribution < 1.29 is 18.9 Å².